The van der Waals surface area contributed by atoms with Gasteiger partial charge in [0, 0.05) is 24.1 Å². The molecule has 2 aromatic heterocycles. The molecule has 4 rings (SSSR count). The number of furan rings is 1. The van der Waals surface area contributed by atoms with Crippen molar-refractivity contribution in [1.29, 1.82) is 0 Å². The highest BCUT2D eigenvalue weighted by molar-refractivity contribution is 6.03. The van der Waals surface area contributed by atoms with Crippen molar-refractivity contribution in [2.75, 3.05) is 20.1 Å². The summed E-state index contributed by atoms with van der Waals surface area (Å²) in [6.45, 7) is 11.2. The van der Waals surface area contributed by atoms with E-state index >= 15 is 0 Å². The molecule has 0 N–H and O–H groups in total. The van der Waals surface area contributed by atoms with Gasteiger partial charge in [0.2, 0.25) is 11.6 Å². The average molecular weight is 546 g/mol. The second kappa shape index (κ2) is 13.6. The Labute approximate surface area is 238 Å². The number of carbonyl (C=O) groups is 1. The van der Waals surface area contributed by atoms with Crippen molar-refractivity contribution in [2.24, 2.45) is 0 Å². The van der Waals surface area contributed by atoms with Gasteiger partial charge in [0.05, 0.1) is 0 Å². The Balaban J connectivity index is 0.00000441. The van der Waals surface area contributed by atoms with Crippen molar-refractivity contribution < 1.29 is 18.7 Å². The number of aryl methyl sites for hydroxylation is 1. The molecule has 0 spiro atoms. The summed E-state index contributed by atoms with van der Waals surface area (Å²) >= 11 is 0. The highest BCUT2D eigenvalue weighted by Gasteiger charge is 2.24. The first-order valence-corrected chi connectivity index (χ1v) is 13.6. The Hall–Kier alpha value is -3.71. The van der Waals surface area contributed by atoms with Gasteiger partial charge in [0.15, 0.2) is 0 Å². The third-order valence-electron chi connectivity index (χ3n) is 6.36. The maximum atomic E-state index is 12.0. The van der Waals surface area contributed by atoms with Gasteiger partial charge in [-0.05, 0) is 65.3 Å². The fourth-order valence-electron chi connectivity index (χ4n) is 4.62. The molecule has 0 aliphatic heterocycles. The Kier molecular flexibility index (Phi) is 10.5. The molecule has 40 heavy (non-hydrogen) atoms. The van der Waals surface area contributed by atoms with Crippen molar-refractivity contribution >= 4 is 17.1 Å². The molecule has 0 amide bonds. The molecule has 0 aliphatic rings. The van der Waals surface area contributed by atoms with Crippen LogP contribution in [-0.4, -0.2) is 52.7 Å². The van der Waals surface area contributed by atoms with E-state index in [2.05, 4.69) is 46.1 Å². The molecule has 214 valence electrons. The number of aromatic nitrogens is 2. The maximum Gasteiger partial charge on any atom is 0.306 e. The molecule has 4 aromatic rings. The number of esters is 1. The van der Waals surface area contributed by atoms with Crippen LogP contribution in [0.5, 0.6) is 5.88 Å². The van der Waals surface area contributed by atoms with E-state index in [1.165, 1.54) is 11.9 Å². The van der Waals surface area contributed by atoms with Gasteiger partial charge in [-0.2, -0.15) is 0 Å². The number of hydrogen-bond acceptors (Lipinski definition) is 7. The number of fused-ring (bicyclic) bond motifs is 1. The molecule has 0 radical (unpaired) electrons. The molecule has 0 unspecified atom stereocenters. The zero-order chi connectivity index (χ0) is 28.0. The van der Waals surface area contributed by atoms with Crippen LogP contribution < -0.4 is 4.74 Å². The smallest absolute Gasteiger partial charge is 0.306 e. The third kappa shape index (κ3) is 7.92. The second-order valence-electron chi connectivity index (χ2n) is 11.0. The van der Waals surface area contributed by atoms with Gasteiger partial charge >= 0.3 is 5.97 Å². The lowest BCUT2D eigenvalue weighted by Crippen LogP contribution is -2.32. The van der Waals surface area contributed by atoms with Crippen LogP contribution in [0.1, 0.15) is 60.5 Å². The predicted molar refractivity (Wildman–Crippen MR) is 161 cm³/mol. The molecule has 0 fully saturated rings. The Morgan fingerprint density at radius 1 is 1.02 bits per heavy atom. The lowest BCUT2D eigenvalue weighted by atomic mass is 9.98. The second-order valence-corrected chi connectivity index (χ2v) is 11.0. The van der Waals surface area contributed by atoms with Crippen molar-refractivity contribution in [3.05, 3.63) is 66.5 Å². The molecule has 0 saturated carbocycles. The summed E-state index contributed by atoms with van der Waals surface area (Å²) in [4.78, 5) is 23.2. The molecule has 0 aliphatic carbocycles. The van der Waals surface area contributed by atoms with E-state index in [9.17, 15) is 4.79 Å². The molecular formula is C33H43N3O4. The van der Waals surface area contributed by atoms with Crippen molar-refractivity contribution in [3.8, 4) is 28.3 Å². The molecular weight excluding hydrogens is 502 g/mol. The van der Waals surface area contributed by atoms with E-state index in [4.69, 9.17) is 13.9 Å². The monoisotopic (exact) mass is 545 g/mol. The fraction of sp³-hybridized carbons (Fsp3) is 0.424. The van der Waals surface area contributed by atoms with Gasteiger partial charge in [-0.15, -0.1) is 0 Å². The van der Waals surface area contributed by atoms with Crippen molar-refractivity contribution in [2.45, 2.75) is 73.0 Å². The standard InChI is InChI=1S/C32H39N3O4.CH4/c1-7-23-15-17-24(18-16-23)27-28-30(33-21-34-31(28)38-29(27)25-12-9-8-10-13-25)37-22(2)20-35(6)19-11-14-26(36)39-32(3,4)5;/h8-10,12-13,15-18,21-22H,7,11,14,19-20H2,1-6H3;1H4/t22-;/m0./s1. The first kappa shape index (κ1) is 30.8. The van der Waals surface area contributed by atoms with Gasteiger partial charge in [-0.3, -0.25) is 4.79 Å². The molecule has 2 heterocycles. The third-order valence-corrected chi connectivity index (χ3v) is 6.36. The van der Waals surface area contributed by atoms with Gasteiger partial charge in [-0.1, -0.05) is 68.9 Å². The lowest BCUT2D eigenvalue weighted by molar-refractivity contribution is -0.154. The summed E-state index contributed by atoms with van der Waals surface area (Å²) < 4.78 is 18.1. The summed E-state index contributed by atoms with van der Waals surface area (Å²) in [7, 11) is 2.02. The van der Waals surface area contributed by atoms with Gasteiger partial charge in [0.1, 0.15) is 29.2 Å². The van der Waals surface area contributed by atoms with E-state index in [1.54, 1.807) is 0 Å². The number of benzene rings is 2. The maximum absolute atomic E-state index is 12.0. The molecule has 1 atom stereocenters. The zero-order valence-electron chi connectivity index (χ0n) is 23.9. The number of hydrogen-bond donors (Lipinski definition) is 0. The number of ether oxygens (including phenoxy) is 2. The predicted octanol–water partition coefficient (Wildman–Crippen LogP) is 7.58. The largest absolute Gasteiger partial charge is 0.473 e. The SMILES string of the molecule is C.CCc1ccc(-c2c(-c3ccccc3)oc3ncnc(O[C@@H](C)CN(C)CCCC(=O)OC(C)(C)C)c23)cc1. The Morgan fingerprint density at radius 3 is 2.38 bits per heavy atom. The van der Waals surface area contributed by atoms with Gasteiger partial charge < -0.3 is 18.8 Å². The first-order valence-electron chi connectivity index (χ1n) is 13.6. The van der Waals surface area contributed by atoms with Crippen LogP contribution in [0.25, 0.3) is 33.6 Å². The first-order chi connectivity index (χ1) is 18.6. The lowest BCUT2D eigenvalue weighted by Gasteiger charge is -2.23. The zero-order valence-corrected chi connectivity index (χ0v) is 23.9. The topological polar surface area (TPSA) is 77.7 Å². The number of nitrogens with zero attached hydrogens (tertiary/aromatic N) is 3. The van der Waals surface area contributed by atoms with Crippen molar-refractivity contribution in [1.82, 2.24) is 14.9 Å². The van der Waals surface area contributed by atoms with Crippen LogP contribution in [0, 0.1) is 0 Å². The van der Waals surface area contributed by atoms with E-state index < -0.39 is 5.60 Å². The molecule has 7 nitrogen and oxygen atoms in total. The molecule has 0 bridgehead atoms. The summed E-state index contributed by atoms with van der Waals surface area (Å²) in [5.41, 5.74) is 4.21. The summed E-state index contributed by atoms with van der Waals surface area (Å²) in [6.07, 6.45) is 3.41. The fourth-order valence-corrected chi connectivity index (χ4v) is 4.62. The minimum Gasteiger partial charge on any atom is -0.473 e. The van der Waals surface area contributed by atoms with E-state index in [1.807, 2.05) is 65.1 Å². The average Bonchev–Trinajstić information content (AvgIpc) is 3.29. The van der Waals surface area contributed by atoms with Gasteiger partial charge in [0.25, 0.3) is 0 Å². The van der Waals surface area contributed by atoms with Crippen LogP contribution in [0.2, 0.25) is 0 Å². The number of likely N-dealkylation sites (N-methyl/N-ethyl adjacent to an activating group) is 1. The molecule has 0 saturated heterocycles. The highest BCUT2D eigenvalue weighted by atomic mass is 16.6. The summed E-state index contributed by atoms with van der Waals surface area (Å²) in [5, 5.41) is 0.764. The summed E-state index contributed by atoms with van der Waals surface area (Å²) in [5.74, 6) is 1.07. The minimum atomic E-state index is -0.460. The normalized spacial score (nSPS) is 12.3. The van der Waals surface area contributed by atoms with Crippen LogP contribution in [0.15, 0.2) is 65.3 Å². The van der Waals surface area contributed by atoms with Crippen molar-refractivity contribution in [3.63, 3.8) is 0 Å². The van der Waals surface area contributed by atoms with E-state index in [0.29, 0.717) is 24.6 Å². The Morgan fingerprint density at radius 2 is 1.73 bits per heavy atom. The van der Waals surface area contributed by atoms with Crippen LogP contribution in [0.3, 0.4) is 0 Å². The molecule has 7 heteroatoms. The van der Waals surface area contributed by atoms with Crippen LogP contribution >= 0.6 is 0 Å². The summed E-state index contributed by atoms with van der Waals surface area (Å²) in [6, 6.07) is 18.6. The highest BCUT2D eigenvalue weighted by Crippen LogP contribution is 2.43. The number of rotatable bonds is 11. The van der Waals surface area contributed by atoms with Crippen LogP contribution in [0.4, 0.5) is 0 Å². The Bertz CT molecular complexity index is 1370. The number of carbonyl (C=O) groups excluding carboxylic acids is 1. The van der Waals surface area contributed by atoms with E-state index in [-0.39, 0.29) is 19.5 Å². The van der Waals surface area contributed by atoms with Crippen LogP contribution in [-0.2, 0) is 16.0 Å². The minimum absolute atomic E-state index is 0. The van der Waals surface area contributed by atoms with E-state index in [0.717, 1.165) is 47.2 Å². The quantitative estimate of drug-likeness (QED) is 0.180. The molecule has 2 aromatic carbocycles. The van der Waals surface area contributed by atoms with Gasteiger partial charge in [-0.25, -0.2) is 9.97 Å².